The quantitative estimate of drug-likeness (QED) is 0.601. The molecule has 0 radical (unpaired) electrons. The fraction of sp³-hybridized carbons (Fsp3) is 0.833. The lowest BCUT2D eigenvalue weighted by Crippen LogP contribution is -2.45. The lowest BCUT2D eigenvalue weighted by molar-refractivity contribution is -0.137. The van der Waals surface area contributed by atoms with Gasteiger partial charge in [-0.05, 0) is 13.3 Å². The number of carboxylic acid groups (broad SMARTS) is 1. The van der Waals surface area contributed by atoms with Crippen molar-refractivity contribution in [2.45, 2.75) is 25.8 Å². The predicted octanol–water partition coefficient (Wildman–Crippen LogP) is -0.129. The Balaban J connectivity index is 2.04. The summed E-state index contributed by atoms with van der Waals surface area (Å²) in [5.74, 6) is -0.846. The zero-order chi connectivity index (χ0) is 14.1. The van der Waals surface area contributed by atoms with Crippen molar-refractivity contribution in [3.8, 4) is 0 Å². The molecule has 1 rings (SSSR count). The number of nitrogens with one attached hydrogen (secondary N) is 2. The lowest BCUT2D eigenvalue weighted by Gasteiger charge is -2.26. The van der Waals surface area contributed by atoms with Gasteiger partial charge in [-0.3, -0.25) is 9.69 Å². The van der Waals surface area contributed by atoms with Gasteiger partial charge in [-0.2, -0.15) is 0 Å². The van der Waals surface area contributed by atoms with Crippen molar-refractivity contribution in [3.63, 3.8) is 0 Å². The van der Waals surface area contributed by atoms with Crippen molar-refractivity contribution in [1.29, 1.82) is 0 Å². The van der Waals surface area contributed by atoms with Crippen molar-refractivity contribution in [2.24, 2.45) is 0 Å². The number of morpholine rings is 1. The van der Waals surface area contributed by atoms with Crippen LogP contribution in [0.5, 0.6) is 0 Å². The average Bonchev–Trinajstić information content (AvgIpc) is 2.37. The van der Waals surface area contributed by atoms with Crippen LogP contribution in [-0.2, 0) is 9.53 Å². The molecule has 1 saturated heterocycles. The van der Waals surface area contributed by atoms with E-state index in [1.165, 1.54) is 0 Å². The van der Waals surface area contributed by atoms with E-state index in [4.69, 9.17) is 9.84 Å². The van der Waals surface area contributed by atoms with E-state index in [1.807, 2.05) is 0 Å². The highest BCUT2D eigenvalue weighted by Crippen LogP contribution is 1.96. The topological polar surface area (TPSA) is 90.9 Å². The molecule has 7 heteroatoms. The van der Waals surface area contributed by atoms with Crippen LogP contribution in [0.3, 0.4) is 0 Å². The van der Waals surface area contributed by atoms with E-state index in [-0.39, 0.29) is 18.5 Å². The van der Waals surface area contributed by atoms with E-state index >= 15 is 0 Å². The first-order valence-corrected chi connectivity index (χ1v) is 6.64. The van der Waals surface area contributed by atoms with Crippen LogP contribution < -0.4 is 10.6 Å². The molecule has 1 atom stereocenters. The summed E-state index contributed by atoms with van der Waals surface area (Å²) in [7, 11) is 0. The molecule has 1 unspecified atom stereocenters. The van der Waals surface area contributed by atoms with Gasteiger partial charge in [0.2, 0.25) is 0 Å². The first-order chi connectivity index (χ1) is 9.08. The molecule has 0 saturated carbocycles. The Kier molecular flexibility index (Phi) is 7.20. The van der Waals surface area contributed by atoms with Crippen molar-refractivity contribution in [1.82, 2.24) is 15.5 Å². The highest BCUT2D eigenvalue weighted by atomic mass is 16.5. The summed E-state index contributed by atoms with van der Waals surface area (Å²) in [6.07, 6.45) is 0.501. The number of hydrogen-bond donors (Lipinski definition) is 3. The van der Waals surface area contributed by atoms with Crippen molar-refractivity contribution in [3.05, 3.63) is 0 Å². The van der Waals surface area contributed by atoms with E-state index < -0.39 is 5.97 Å². The van der Waals surface area contributed by atoms with Gasteiger partial charge in [0.25, 0.3) is 0 Å². The van der Waals surface area contributed by atoms with Crippen LogP contribution in [0.15, 0.2) is 0 Å². The molecular formula is C12H23N3O4. The number of carbonyl (C=O) groups is 2. The Bertz CT molecular complexity index is 293. The third-order valence-corrected chi connectivity index (χ3v) is 2.99. The van der Waals surface area contributed by atoms with Crippen LogP contribution in [0.1, 0.15) is 19.8 Å². The second-order valence-corrected chi connectivity index (χ2v) is 4.69. The van der Waals surface area contributed by atoms with Gasteiger partial charge in [-0.25, -0.2) is 4.79 Å². The van der Waals surface area contributed by atoms with Crippen molar-refractivity contribution >= 4 is 12.0 Å². The number of carboxylic acids is 1. The largest absolute Gasteiger partial charge is 0.481 e. The summed E-state index contributed by atoms with van der Waals surface area (Å²) >= 11 is 0. The minimum Gasteiger partial charge on any atom is -0.481 e. The molecule has 110 valence electrons. The zero-order valence-corrected chi connectivity index (χ0v) is 11.4. The van der Waals surface area contributed by atoms with Gasteiger partial charge < -0.3 is 20.5 Å². The molecule has 1 aliphatic rings. The second kappa shape index (κ2) is 8.71. The molecule has 0 aliphatic carbocycles. The highest BCUT2D eigenvalue weighted by Gasteiger charge is 2.11. The molecule has 7 nitrogen and oxygen atoms in total. The molecule has 1 fully saturated rings. The minimum atomic E-state index is -0.846. The Morgan fingerprint density at radius 3 is 2.68 bits per heavy atom. The van der Waals surface area contributed by atoms with Crippen LogP contribution in [0.2, 0.25) is 0 Å². The lowest BCUT2D eigenvalue weighted by atomic mass is 10.2. The molecule has 0 aromatic carbocycles. The van der Waals surface area contributed by atoms with Gasteiger partial charge in [-0.15, -0.1) is 0 Å². The van der Waals surface area contributed by atoms with Crippen LogP contribution in [0.25, 0.3) is 0 Å². The van der Waals surface area contributed by atoms with Gasteiger partial charge >= 0.3 is 12.0 Å². The summed E-state index contributed by atoms with van der Waals surface area (Å²) in [5.41, 5.74) is 0. The van der Waals surface area contributed by atoms with Crippen LogP contribution in [0.4, 0.5) is 4.79 Å². The van der Waals surface area contributed by atoms with Crippen LogP contribution >= 0.6 is 0 Å². The number of amides is 2. The van der Waals surface area contributed by atoms with E-state index in [1.54, 1.807) is 6.92 Å². The normalized spacial score (nSPS) is 17.7. The number of rotatable bonds is 7. The number of hydrogen-bond acceptors (Lipinski definition) is 4. The van der Waals surface area contributed by atoms with Crippen LogP contribution in [-0.4, -0.2) is 67.4 Å². The van der Waals surface area contributed by atoms with Crippen molar-refractivity contribution in [2.75, 3.05) is 39.4 Å². The number of urea groups is 1. The minimum absolute atomic E-state index is 0.0647. The van der Waals surface area contributed by atoms with Gasteiger partial charge in [-0.1, -0.05) is 0 Å². The second-order valence-electron chi connectivity index (χ2n) is 4.69. The molecule has 0 aromatic heterocycles. The molecule has 0 bridgehead atoms. The van der Waals surface area contributed by atoms with E-state index in [9.17, 15) is 9.59 Å². The smallest absolute Gasteiger partial charge is 0.315 e. The SMILES string of the molecule is CC(CCC(=O)O)NC(=O)NCCN1CCOCC1. The van der Waals surface area contributed by atoms with Gasteiger partial charge in [0.05, 0.1) is 13.2 Å². The van der Waals surface area contributed by atoms with Gasteiger partial charge in [0.15, 0.2) is 0 Å². The molecule has 1 aliphatic heterocycles. The first kappa shape index (κ1) is 15.7. The first-order valence-electron chi connectivity index (χ1n) is 6.64. The Morgan fingerprint density at radius 1 is 1.37 bits per heavy atom. The third kappa shape index (κ3) is 7.63. The molecule has 19 heavy (non-hydrogen) atoms. The molecule has 2 amide bonds. The average molecular weight is 273 g/mol. The Morgan fingerprint density at radius 2 is 2.05 bits per heavy atom. The summed E-state index contributed by atoms with van der Waals surface area (Å²) in [5, 5.41) is 14.0. The van der Waals surface area contributed by atoms with Gasteiger partial charge in [0.1, 0.15) is 0 Å². The number of aliphatic carboxylic acids is 1. The summed E-state index contributed by atoms with van der Waals surface area (Å²) in [4.78, 5) is 24.2. The molecule has 0 aromatic rings. The molecular weight excluding hydrogens is 250 g/mol. The van der Waals surface area contributed by atoms with E-state index in [0.717, 1.165) is 32.8 Å². The molecule has 1 heterocycles. The Labute approximate surface area is 113 Å². The molecule has 0 spiro atoms. The van der Waals surface area contributed by atoms with Crippen molar-refractivity contribution < 1.29 is 19.4 Å². The summed E-state index contributed by atoms with van der Waals surface area (Å²) in [6, 6.07) is -0.384. The third-order valence-electron chi connectivity index (χ3n) is 2.99. The maximum Gasteiger partial charge on any atom is 0.315 e. The summed E-state index contributed by atoms with van der Waals surface area (Å²) in [6.45, 7) is 6.48. The fourth-order valence-electron chi connectivity index (χ4n) is 1.84. The fourth-order valence-corrected chi connectivity index (χ4v) is 1.84. The molecule has 3 N–H and O–H groups in total. The van der Waals surface area contributed by atoms with E-state index in [0.29, 0.717) is 13.0 Å². The monoisotopic (exact) mass is 273 g/mol. The van der Waals surface area contributed by atoms with Crippen LogP contribution in [0, 0.1) is 0 Å². The Hall–Kier alpha value is -1.34. The number of nitrogens with zero attached hydrogens (tertiary/aromatic N) is 1. The number of ether oxygens (including phenoxy) is 1. The highest BCUT2D eigenvalue weighted by molar-refractivity contribution is 5.74. The maximum absolute atomic E-state index is 11.5. The zero-order valence-electron chi connectivity index (χ0n) is 11.4. The van der Waals surface area contributed by atoms with E-state index in [2.05, 4.69) is 15.5 Å². The standard InChI is InChI=1S/C12H23N3O4/c1-10(2-3-11(16)17)14-12(18)13-4-5-15-6-8-19-9-7-15/h10H,2-9H2,1H3,(H,16,17)(H2,13,14,18). The summed E-state index contributed by atoms with van der Waals surface area (Å²) < 4.78 is 5.24. The maximum atomic E-state index is 11.5. The van der Waals surface area contributed by atoms with Gasteiger partial charge in [0, 0.05) is 38.6 Å². The number of carbonyl (C=O) groups excluding carboxylic acids is 1. The predicted molar refractivity (Wildman–Crippen MR) is 70.1 cm³/mol.